The van der Waals surface area contributed by atoms with Gasteiger partial charge in [-0.15, -0.1) is 0 Å². The molecule has 0 saturated heterocycles. The number of ether oxygens (including phenoxy) is 4. The second-order valence-corrected chi connectivity index (χ2v) is 5.56. The summed E-state index contributed by atoms with van der Waals surface area (Å²) in [6.07, 6.45) is 4.16. The maximum atomic E-state index is 5.61. The predicted octanol–water partition coefficient (Wildman–Crippen LogP) is 4.69. The van der Waals surface area contributed by atoms with Crippen LogP contribution < -0.4 is 9.47 Å². The van der Waals surface area contributed by atoms with Gasteiger partial charge in [-0.2, -0.15) is 0 Å². The van der Waals surface area contributed by atoms with E-state index < -0.39 is 0 Å². The van der Waals surface area contributed by atoms with E-state index in [1.54, 1.807) is 0 Å². The van der Waals surface area contributed by atoms with Crippen molar-refractivity contribution < 1.29 is 18.9 Å². The van der Waals surface area contributed by atoms with Crippen molar-refractivity contribution >= 4 is 12.2 Å². The zero-order chi connectivity index (χ0) is 18.5. The van der Waals surface area contributed by atoms with Crippen LogP contribution in [0.4, 0.5) is 0 Å². The topological polar surface area (TPSA) is 36.9 Å². The maximum Gasteiger partial charge on any atom is 0.119 e. The van der Waals surface area contributed by atoms with Crippen molar-refractivity contribution in [2.75, 3.05) is 39.6 Å². The lowest BCUT2D eigenvalue weighted by atomic mass is 10.1. The number of benzene rings is 2. The van der Waals surface area contributed by atoms with Gasteiger partial charge in [-0.1, -0.05) is 36.4 Å². The third-order valence-corrected chi connectivity index (χ3v) is 3.63. The standard InChI is InChI=1S/C22H28O4/c1-3-23-15-17-25-21-11-7-19(8-12-21)5-6-20-9-13-22(14-10-20)26-18-16-24-4-2/h5-14H,3-4,15-18H2,1-2H3/b6-5+. The first-order chi connectivity index (χ1) is 12.8. The summed E-state index contributed by atoms with van der Waals surface area (Å²) in [6, 6.07) is 16.1. The van der Waals surface area contributed by atoms with Crippen molar-refractivity contribution in [1.82, 2.24) is 0 Å². The molecule has 140 valence electrons. The van der Waals surface area contributed by atoms with E-state index in [-0.39, 0.29) is 0 Å². The molecule has 0 aliphatic carbocycles. The Hall–Kier alpha value is -2.30. The van der Waals surface area contributed by atoms with Crippen LogP contribution in [0, 0.1) is 0 Å². The normalized spacial score (nSPS) is 11.0. The molecule has 0 heterocycles. The minimum Gasteiger partial charge on any atom is -0.491 e. The fourth-order valence-corrected chi connectivity index (χ4v) is 2.27. The van der Waals surface area contributed by atoms with Gasteiger partial charge in [-0.3, -0.25) is 0 Å². The molecular weight excluding hydrogens is 328 g/mol. The van der Waals surface area contributed by atoms with Crippen LogP contribution in [-0.4, -0.2) is 39.6 Å². The second kappa shape index (κ2) is 12.1. The van der Waals surface area contributed by atoms with E-state index >= 15 is 0 Å². The molecule has 26 heavy (non-hydrogen) atoms. The first kappa shape index (κ1) is 20.0. The highest BCUT2D eigenvalue weighted by molar-refractivity contribution is 5.70. The molecule has 4 heteroatoms. The molecule has 0 N–H and O–H groups in total. The van der Waals surface area contributed by atoms with Gasteiger partial charge in [0.25, 0.3) is 0 Å². The van der Waals surface area contributed by atoms with E-state index in [2.05, 4.69) is 12.2 Å². The molecule has 0 saturated carbocycles. The van der Waals surface area contributed by atoms with Crippen LogP contribution in [0.5, 0.6) is 11.5 Å². The molecule has 0 spiro atoms. The zero-order valence-electron chi connectivity index (χ0n) is 15.6. The van der Waals surface area contributed by atoms with Crippen LogP contribution in [0.2, 0.25) is 0 Å². The van der Waals surface area contributed by atoms with Crippen LogP contribution in [0.3, 0.4) is 0 Å². The SMILES string of the molecule is CCOCCOc1ccc(/C=C/c2ccc(OCCOCC)cc2)cc1. The van der Waals surface area contributed by atoms with Crippen molar-refractivity contribution in [2.24, 2.45) is 0 Å². The van der Waals surface area contributed by atoms with E-state index in [9.17, 15) is 0 Å². The molecule has 2 rings (SSSR count). The quantitative estimate of drug-likeness (QED) is 0.408. The Morgan fingerprint density at radius 1 is 0.577 bits per heavy atom. The van der Waals surface area contributed by atoms with Gasteiger partial charge in [0, 0.05) is 13.2 Å². The maximum absolute atomic E-state index is 5.61. The van der Waals surface area contributed by atoms with E-state index in [1.165, 1.54) is 0 Å². The Morgan fingerprint density at radius 3 is 1.31 bits per heavy atom. The summed E-state index contributed by atoms with van der Waals surface area (Å²) < 4.78 is 21.7. The lowest BCUT2D eigenvalue weighted by Crippen LogP contribution is -2.06. The van der Waals surface area contributed by atoms with E-state index in [0.717, 1.165) is 22.6 Å². The van der Waals surface area contributed by atoms with Crippen LogP contribution in [0.25, 0.3) is 12.2 Å². The molecule has 0 bridgehead atoms. The number of rotatable bonds is 12. The van der Waals surface area contributed by atoms with Gasteiger partial charge < -0.3 is 18.9 Å². The summed E-state index contributed by atoms with van der Waals surface area (Å²) in [5.74, 6) is 1.71. The van der Waals surface area contributed by atoms with Gasteiger partial charge in [0.15, 0.2) is 0 Å². The smallest absolute Gasteiger partial charge is 0.119 e. The monoisotopic (exact) mass is 356 g/mol. The van der Waals surface area contributed by atoms with Gasteiger partial charge in [-0.25, -0.2) is 0 Å². The summed E-state index contributed by atoms with van der Waals surface area (Å²) in [5, 5.41) is 0. The molecule has 0 atom stereocenters. The fraction of sp³-hybridized carbons (Fsp3) is 0.364. The third-order valence-electron chi connectivity index (χ3n) is 3.63. The van der Waals surface area contributed by atoms with Crippen molar-refractivity contribution in [3.8, 4) is 11.5 Å². The fourth-order valence-electron chi connectivity index (χ4n) is 2.27. The zero-order valence-corrected chi connectivity index (χ0v) is 15.6. The van der Waals surface area contributed by atoms with Gasteiger partial charge in [0.05, 0.1) is 13.2 Å². The largest absolute Gasteiger partial charge is 0.491 e. The van der Waals surface area contributed by atoms with Crippen molar-refractivity contribution in [3.05, 3.63) is 59.7 Å². The molecule has 0 aromatic heterocycles. The van der Waals surface area contributed by atoms with Crippen molar-refractivity contribution in [1.29, 1.82) is 0 Å². The molecule has 0 aliphatic heterocycles. The van der Waals surface area contributed by atoms with Crippen LogP contribution in [0.1, 0.15) is 25.0 Å². The summed E-state index contributed by atoms with van der Waals surface area (Å²) >= 11 is 0. The van der Waals surface area contributed by atoms with Crippen molar-refractivity contribution in [2.45, 2.75) is 13.8 Å². The molecule has 0 unspecified atom stereocenters. The molecule has 0 fully saturated rings. The van der Waals surface area contributed by atoms with Gasteiger partial charge in [0.2, 0.25) is 0 Å². The first-order valence-corrected chi connectivity index (χ1v) is 9.11. The van der Waals surface area contributed by atoms with Gasteiger partial charge >= 0.3 is 0 Å². The highest BCUT2D eigenvalue weighted by Gasteiger charge is 1.96. The van der Waals surface area contributed by atoms with Crippen LogP contribution >= 0.6 is 0 Å². The Morgan fingerprint density at radius 2 is 0.962 bits per heavy atom. The Labute approximate surface area is 156 Å². The highest BCUT2D eigenvalue weighted by Crippen LogP contribution is 2.16. The summed E-state index contributed by atoms with van der Waals surface area (Å²) in [6.45, 7) is 7.76. The Bertz CT molecular complexity index is 575. The molecule has 2 aromatic carbocycles. The molecule has 2 aromatic rings. The second-order valence-electron chi connectivity index (χ2n) is 5.56. The predicted molar refractivity (Wildman–Crippen MR) is 106 cm³/mol. The van der Waals surface area contributed by atoms with Crippen LogP contribution in [0.15, 0.2) is 48.5 Å². The van der Waals surface area contributed by atoms with Crippen LogP contribution in [-0.2, 0) is 9.47 Å². The number of hydrogen-bond acceptors (Lipinski definition) is 4. The van der Waals surface area contributed by atoms with E-state index in [1.807, 2.05) is 62.4 Å². The Kier molecular flexibility index (Phi) is 9.33. The molecule has 0 aliphatic rings. The van der Waals surface area contributed by atoms with Gasteiger partial charge in [0.1, 0.15) is 24.7 Å². The minimum absolute atomic E-state index is 0.571. The Balaban J connectivity index is 1.79. The number of hydrogen-bond donors (Lipinski definition) is 0. The molecule has 0 amide bonds. The van der Waals surface area contributed by atoms with E-state index in [0.29, 0.717) is 39.6 Å². The third kappa shape index (κ3) is 7.72. The summed E-state index contributed by atoms with van der Waals surface area (Å²) in [5.41, 5.74) is 2.25. The molecular formula is C22H28O4. The first-order valence-electron chi connectivity index (χ1n) is 9.11. The highest BCUT2D eigenvalue weighted by atomic mass is 16.5. The summed E-state index contributed by atoms with van der Waals surface area (Å²) in [7, 11) is 0. The lowest BCUT2D eigenvalue weighted by Gasteiger charge is -2.06. The van der Waals surface area contributed by atoms with Gasteiger partial charge in [-0.05, 0) is 49.2 Å². The lowest BCUT2D eigenvalue weighted by molar-refractivity contribution is 0.110. The van der Waals surface area contributed by atoms with Crippen molar-refractivity contribution in [3.63, 3.8) is 0 Å². The average Bonchev–Trinajstić information content (AvgIpc) is 2.69. The minimum atomic E-state index is 0.571. The molecule has 4 nitrogen and oxygen atoms in total. The van der Waals surface area contributed by atoms with E-state index in [4.69, 9.17) is 18.9 Å². The average molecular weight is 356 g/mol. The summed E-state index contributed by atoms with van der Waals surface area (Å²) in [4.78, 5) is 0. The molecule has 0 radical (unpaired) electrons.